The molecule has 0 fully saturated rings. The lowest BCUT2D eigenvalue weighted by molar-refractivity contribution is 0.491. The minimum Gasteiger partial charge on any atom is -0.310 e. The summed E-state index contributed by atoms with van der Waals surface area (Å²) in [5.41, 5.74) is 1.71. The molecule has 0 spiro atoms. The SMILES string of the molecule is C=C(C)CC(NCC)c1ccc(F)c(F)c1Br. The van der Waals surface area contributed by atoms with Crippen molar-refractivity contribution in [3.05, 3.63) is 46.0 Å². The quantitative estimate of drug-likeness (QED) is 0.630. The molecular formula is C13H16BrF2N. The highest BCUT2D eigenvalue weighted by atomic mass is 79.9. The van der Waals surface area contributed by atoms with Gasteiger partial charge in [0.2, 0.25) is 0 Å². The molecule has 0 aliphatic rings. The number of halogens is 3. The first kappa shape index (κ1) is 14.3. The summed E-state index contributed by atoms with van der Waals surface area (Å²) in [7, 11) is 0. The maximum Gasteiger partial charge on any atom is 0.173 e. The van der Waals surface area contributed by atoms with Gasteiger partial charge >= 0.3 is 0 Å². The summed E-state index contributed by atoms with van der Waals surface area (Å²) in [6, 6.07) is 2.69. The van der Waals surface area contributed by atoms with Gasteiger partial charge in [0.1, 0.15) is 0 Å². The third-order valence-corrected chi connectivity index (χ3v) is 3.25. The lowest BCUT2D eigenvalue weighted by Gasteiger charge is -2.20. The summed E-state index contributed by atoms with van der Waals surface area (Å²) >= 11 is 3.11. The summed E-state index contributed by atoms with van der Waals surface area (Å²) in [6.07, 6.45) is 0.692. The van der Waals surface area contributed by atoms with Crippen LogP contribution in [0.1, 0.15) is 31.9 Å². The smallest absolute Gasteiger partial charge is 0.173 e. The van der Waals surface area contributed by atoms with E-state index in [4.69, 9.17) is 0 Å². The van der Waals surface area contributed by atoms with Crippen molar-refractivity contribution in [2.75, 3.05) is 6.54 Å². The molecule has 1 unspecified atom stereocenters. The maximum atomic E-state index is 13.5. The molecule has 1 atom stereocenters. The van der Waals surface area contributed by atoms with Crippen LogP contribution in [0.5, 0.6) is 0 Å². The molecule has 0 aliphatic carbocycles. The molecule has 1 aromatic carbocycles. The van der Waals surface area contributed by atoms with Crippen molar-refractivity contribution < 1.29 is 8.78 Å². The summed E-state index contributed by atoms with van der Waals surface area (Å²) in [5.74, 6) is -1.68. The topological polar surface area (TPSA) is 12.0 Å². The van der Waals surface area contributed by atoms with Gasteiger partial charge in [0.15, 0.2) is 11.6 Å². The number of hydrogen-bond donors (Lipinski definition) is 1. The van der Waals surface area contributed by atoms with Crippen LogP contribution in [-0.4, -0.2) is 6.54 Å². The number of rotatable bonds is 5. The Kier molecular flexibility index (Phi) is 5.28. The molecule has 0 aromatic heterocycles. The van der Waals surface area contributed by atoms with Gasteiger partial charge in [0.25, 0.3) is 0 Å². The van der Waals surface area contributed by atoms with Crippen LogP contribution in [0.2, 0.25) is 0 Å². The van der Waals surface area contributed by atoms with Crippen LogP contribution in [0.15, 0.2) is 28.8 Å². The Balaban J connectivity index is 3.09. The zero-order chi connectivity index (χ0) is 13.0. The Morgan fingerprint density at radius 1 is 1.47 bits per heavy atom. The van der Waals surface area contributed by atoms with E-state index in [-0.39, 0.29) is 10.5 Å². The molecule has 1 N–H and O–H groups in total. The van der Waals surface area contributed by atoms with E-state index in [1.807, 2.05) is 13.8 Å². The number of benzene rings is 1. The van der Waals surface area contributed by atoms with Gasteiger partial charge in [-0.1, -0.05) is 18.6 Å². The summed E-state index contributed by atoms with van der Waals surface area (Å²) in [6.45, 7) is 8.49. The molecular weight excluding hydrogens is 288 g/mol. The molecule has 1 aromatic rings. The van der Waals surface area contributed by atoms with E-state index in [1.165, 1.54) is 0 Å². The van der Waals surface area contributed by atoms with Crippen molar-refractivity contribution in [1.82, 2.24) is 5.32 Å². The van der Waals surface area contributed by atoms with Crippen LogP contribution in [0.25, 0.3) is 0 Å². The van der Waals surface area contributed by atoms with E-state index in [9.17, 15) is 8.78 Å². The first-order valence-corrected chi connectivity index (χ1v) is 6.27. The average molecular weight is 304 g/mol. The Bertz CT molecular complexity index is 418. The summed E-state index contributed by atoms with van der Waals surface area (Å²) in [4.78, 5) is 0. The van der Waals surface area contributed by atoms with Crippen LogP contribution >= 0.6 is 15.9 Å². The Morgan fingerprint density at radius 3 is 2.65 bits per heavy atom. The Hall–Kier alpha value is -0.740. The van der Waals surface area contributed by atoms with Gasteiger partial charge in [-0.2, -0.15) is 0 Å². The fraction of sp³-hybridized carbons (Fsp3) is 0.385. The molecule has 1 nitrogen and oxygen atoms in total. The van der Waals surface area contributed by atoms with Gasteiger partial charge in [0, 0.05) is 6.04 Å². The second-order valence-electron chi connectivity index (χ2n) is 4.04. The Labute approximate surface area is 109 Å². The van der Waals surface area contributed by atoms with Crippen molar-refractivity contribution in [2.45, 2.75) is 26.3 Å². The van der Waals surface area contributed by atoms with Gasteiger partial charge in [-0.05, 0) is 47.4 Å². The highest BCUT2D eigenvalue weighted by Gasteiger charge is 2.18. The van der Waals surface area contributed by atoms with E-state index in [0.29, 0.717) is 12.0 Å². The third kappa shape index (κ3) is 3.61. The molecule has 0 heterocycles. The molecule has 94 valence electrons. The van der Waals surface area contributed by atoms with Gasteiger partial charge in [-0.25, -0.2) is 8.78 Å². The highest BCUT2D eigenvalue weighted by molar-refractivity contribution is 9.10. The third-order valence-electron chi connectivity index (χ3n) is 2.44. The van der Waals surface area contributed by atoms with E-state index < -0.39 is 11.6 Å². The van der Waals surface area contributed by atoms with Crippen LogP contribution in [-0.2, 0) is 0 Å². The molecule has 1 rings (SSSR count). The van der Waals surface area contributed by atoms with E-state index in [2.05, 4.69) is 27.8 Å². The standard InChI is InChI=1S/C13H16BrF2N/c1-4-17-11(7-8(2)3)9-5-6-10(15)13(16)12(9)14/h5-6,11,17H,2,4,7H2,1,3H3. The predicted molar refractivity (Wildman–Crippen MR) is 69.9 cm³/mol. The number of hydrogen-bond acceptors (Lipinski definition) is 1. The van der Waals surface area contributed by atoms with Crippen molar-refractivity contribution in [2.24, 2.45) is 0 Å². The molecule has 0 saturated carbocycles. The van der Waals surface area contributed by atoms with Gasteiger partial charge in [0.05, 0.1) is 4.47 Å². The van der Waals surface area contributed by atoms with Crippen LogP contribution in [0.3, 0.4) is 0 Å². The maximum absolute atomic E-state index is 13.5. The van der Waals surface area contributed by atoms with Crippen LogP contribution in [0, 0.1) is 11.6 Å². The largest absolute Gasteiger partial charge is 0.310 e. The lowest BCUT2D eigenvalue weighted by atomic mass is 10.00. The van der Waals surface area contributed by atoms with Gasteiger partial charge in [-0.3, -0.25) is 0 Å². The molecule has 0 saturated heterocycles. The molecule has 17 heavy (non-hydrogen) atoms. The fourth-order valence-electron chi connectivity index (χ4n) is 1.70. The van der Waals surface area contributed by atoms with Crippen molar-refractivity contribution in [1.29, 1.82) is 0 Å². The van der Waals surface area contributed by atoms with Gasteiger partial charge < -0.3 is 5.32 Å². The number of nitrogens with one attached hydrogen (secondary N) is 1. The van der Waals surface area contributed by atoms with Crippen molar-refractivity contribution in [3.8, 4) is 0 Å². The van der Waals surface area contributed by atoms with Crippen molar-refractivity contribution in [3.63, 3.8) is 0 Å². The molecule has 0 radical (unpaired) electrons. The molecule has 0 aliphatic heterocycles. The second-order valence-corrected chi connectivity index (χ2v) is 4.83. The minimum atomic E-state index is -0.841. The monoisotopic (exact) mass is 303 g/mol. The van der Waals surface area contributed by atoms with Crippen molar-refractivity contribution >= 4 is 15.9 Å². The Morgan fingerprint density at radius 2 is 2.12 bits per heavy atom. The lowest BCUT2D eigenvalue weighted by Crippen LogP contribution is -2.22. The zero-order valence-electron chi connectivity index (χ0n) is 9.99. The van der Waals surface area contributed by atoms with E-state index >= 15 is 0 Å². The molecule has 0 amide bonds. The predicted octanol–water partition coefficient (Wildman–Crippen LogP) is 4.34. The molecule has 0 bridgehead atoms. The minimum absolute atomic E-state index is 0.0537. The molecule has 4 heteroatoms. The second kappa shape index (κ2) is 6.26. The zero-order valence-corrected chi connectivity index (χ0v) is 11.6. The van der Waals surface area contributed by atoms with E-state index in [0.717, 1.165) is 18.2 Å². The first-order chi connectivity index (χ1) is 7.97. The van der Waals surface area contributed by atoms with Crippen LogP contribution < -0.4 is 5.32 Å². The van der Waals surface area contributed by atoms with Gasteiger partial charge in [-0.15, -0.1) is 6.58 Å². The average Bonchev–Trinajstić information content (AvgIpc) is 2.25. The summed E-state index contributed by atoms with van der Waals surface area (Å²) < 4.78 is 26.7. The fourth-order valence-corrected chi connectivity index (χ4v) is 2.29. The van der Waals surface area contributed by atoms with E-state index in [1.54, 1.807) is 6.07 Å². The van der Waals surface area contributed by atoms with Crippen LogP contribution in [0.4, 0.5) is 8.78 Å². The normalized spacial score (nSPS) is 12.5. The highest BCUT2D eigenvalue weighted by Crippen LogP contribution is 2.30. The first-order valence-electron chi connectivity index (χ1n) is 5.48. The summed E-state index contributed by atoms with van der Waals surface area (Å²) in [5, 5.41) is 3.24.